The van der Waals surface area contributed by atoms with E-state index in [0.29, 0.717) is 0 Å². The predicted molar refractivity (Wildman–Crippen MR) is 96.3 cm³/mol. The van der Waals surface area contributed by atoms with Gasteiger partial charge in [-0.15, -0.1) is 0 Å². The van der Waals surface area contributed by atoms with Gasteiger partial charge >= 0.3 is 0 Å². The molecule has 0 aliphatic carbocycles. The molecule has 4 heteroatoms. The summed E-state index contributed by atoms with van der Waals surface area (Å²) in [6, 6.07) is 13.0. The average Bonchev–Trinajstić information content (AvgIpc) is 3.32. The zero-order chi connectivity index (χ0) is 15.9. The van der Waals surface area contributed by atoms with E-state index in [1.165, 1.54) is 34.2 Å². The largest absolute Gasteiger partial charge is 0.362 e. The minimum atomic E-state index is 0.901. The molecule has 3 aromatic heterocycles. The van der Waals surface area contributed by atoms with Crippen molar-refractivity contribution < 1.29 is 0 Å². The molecule has 2 aliphatic heterocycles. The fourth-order valence-electron chi connectivity index (χ4n) is 3.59. The Morgan fingerprint density at radius 1 is 0.542 bits per heavy atom. The van der Waals surface area contributed by atoms with Crippen LogP contribution in [0.15, 0.2) is 47.8 Å². The van der Waals surface area contributed by atoms with Gasteiger partial charge in [-0.25, -0.2) is 0 Å². The van der Waals surface area contributed by atoms with Crippen LogP contribution in [0.5, 0.6) is 0 Å². The first kappa shape index (κ1) is 13.5. The van der Waals surface area contributed by atoms with Crippen LogP contribution in [0.3, 0.4) is 0 Å². The lowest BCUT2D eigenvalue weighted by Crippen LogP contribution is -2.02. The third-order valence-corrected chi connectivity index (χ3v) is 4.75. The lowest BCUT2D eigenvalue weighted by molar-refractivity contribution is 0.991. The highest BCUT2D eigenvalue weighted by Gasteiger charge is 2.13. The lowest BCUT2D eigenvalue weighted by atomic mass is 10.2. The number of nitrogens with one attached hydrogen (secondary N) is 4. The number of hydrogen-bond acceptors (Lipinski definition) is 1. The third-order valence-electron chi connectivity index (χ3n) is 4.75. The number of H-pyrrole nitrogens is 3. The van der Waals surface area contributed by atoms with Crippen molar-refractivity contribution in [3.63, 3.8) is 0 Å². The SMILES string of the molecule is C1=C2CCC(=Cc3ccc([nH]3)Cc3ccc([nH]3)Cc3ccc1[nH]3)N2. The van der Waals surface area contributed by atoms with Crippen molar-refractivity contribution in [3.05, 3.63) is 82.0 Å². The molecule has 0 aromatic carbocycles. The van der Waals surface area contributed by atoms with Gasteiger partial charge in [0.05, 0.1) is 0 Å². The summed E-state index contributed by atoms with van der Waals surface area (Å²) in [7, 11) is 0. The summed E-state index contributed by atoms with van der Waals surface area (Å²) in [5, 5.41) is 3.55. The molecule has 3 aromatic rings. The zero-order valence-electron chi connectivity index (χ0n) is 13.4. The Hall–Kier alpha value is -2.88. The molecule has 5 heterocycles. The quantitative estimate of drug-likeness (QED) is 0.499. The van der Waals surface area contributed by atoms with Crippen LogP contribution in [0.25, 0.3) is 12.2 Å². The maximum Gasteiger partial charge on any atom is 0.0399 e. The standard InChI is InChI=1S/C20H20N4/c1-2-14-10-16-5-6-18(23-16)12-20-8-7-19(24-20)11-17-4-3-15(22-17)9-13(1)21-14/h1-6,11-12,21-24H,7-10H2. The van der Waals surface area contributed by atoms with Crippen LogP contribution < -0.4 is 5.32 Å². The number of rotatable bonds is 0. The second kappa shape index (κ2) is 5.34. The van der Waals surface area contributed by atoms with Crippen molar-refractivity contribution >= 4 is 12.2 Å². The molecule has 0 radical (unpaired) electrons. The monoisotopic (exact) mass is 316 g/mol. The number of hydrogen-bond donors (Lipinski definition) is 4. The van der Waals surface area contributed by atoms with E-state index >= 15 is 0 Å². The van der Waals surface area contributed by atoms with Gasteiger partial charge in [-0.1, -0.05) is 0 Å². The first-order chi connectivity index (χ1) is 11.8. The number of fused-ring (bicyclic) bond motifs is 8. The molecular formula is C20H20N4. The summed E-state index contributed by atoms with van der Waals surface area (Å²) in [5.41, 5.74) is 9.82. The molecule has 8 bridgehead atoms. The minimum absolute atomic E-state index is 0.901. The number of allylic oxidation sites excluding steroid dienone is 2. The Kier molecular flexibility index (Phi) is 3.01. The van der Waals surface area contributed by atoms with Crippen LogP contribution in [0.1, 0.15) is 47.0 Å². The van der Waals surface area contributed by atoms with Crippen LogP contribution in [-0.2, 0) is 12.8 Å². The zero-order valence-corrected chi connectivity index (χ0v) is 13.4. The van der Waals surface area contributed by atoms with Gasteiger partial charge in [0.1, 0.15) is 0 Å². The minimum Gasteiger partial charge on any atom is -0.362 e. The summed E-state index contributed by atoms with van der Waals surface area (Å²) in [6.07, 6.45) is 8.36. The molecule has 4 N–H and O–H groups in total. The van der Waals surface area contributed by atoms with Gasteiger partial charge in [0.2, 0.25) is 0 Å². The molecule has 0 amide bonds. The molecule has 120 valence electrons. The lowest BCUT2D eigenvalue weighted by Gasteiger charge is -2.01. The molecule has 0 spiro atoms. The normalized spacial score (nSPS) is 16.5. The molecule has 1 fully saturated rings. The Morgan fingerprint density at radius 2 is 1.00 bits per heavy atom. The highest BCUT2D eigenvalue weighted by molar-refractivity contribution is 5.56. The number of aromatic amines is 3. The summed E-state index contributed by atoms with van der Waals surface area (Å²) < 4.78 is 0. The molecule has 0 saturated carbocycles. The first-order valence-corrected chi connectivity index (χ1v) is 8.51. The second-order valence-corrected chi connectivity index (χ2v) is 6.70. The van der Waals surface area contributed by atoms with Crippen LogP contribution in [0, 0.1) is 0 Å². The van der Waals surface area contributed by atoms with Gasteiger partial charge in [-0.3, -0.25) is 0 Å². The molecule has 5 rings (SSSR count). The van der Waals surface area contributed by atoms with Crippen molar-refractivity contribution in [1.29, 1.82) is 0 Å². The fourth-order valence-corrected chi connectivity index (χ4v) is 3.59. The highest BCUT2D eigenvalue weighted by Crippen LogP contribution is 2.23. The van der Waals surface area contributed by atoms with Crippen LogP contribution >= 0.6 is 0 Å². The average molecular weight is 316 g/mol. The van der Waals surface area contributed by atoms with Crippen LogP contribution in [0.4, 0.5) is 0 Å². The van der Waals surface area contributed by atoms with E-state index in [2.05, 4.69) is 68.8 Å². The number of aromatic nitrogens is 3. The van der Waals surface area contributed by atoms with Gasteiger partial charge in [-0.05, 0) is 61.4 Å². The van der Waals surface area contributed by atoms with Crippen molar-refractivity contribution in [2.75, 3.05) is 0 Å². The van der Waals surface area contributed by atoms with E-state index in [0.717, 1.165) is 37.1 Å². The fraction of sp³-hybridized carbons (Fsp3) is 0.200. The first-order valence-electron chi connectivity index (χ1n) is 8.51. The molecule has 0 atom stereocenters. The second-order valence-electron chi connectivity index (χ2n) is 6.70. The highest BCUT2D eigenvalue weighted by atomic mass is 14.9. The summed E-state index contributed by atoms with van der Waals surface area (Å²) in [5.74, 6) is 0. The third kappa shape index (κ3) is 2.60. The molecule has 2 aliphatic rings. The van der Waals surface area contributed by atoms with Gasteiger partial charge in [0, 0.05) is 58.4 Å². The smallest absolute Gasteiger partial charge is 0.0399 e. The van der Waals surface area contributed by atoms with Crippen molar-refractivity contribution in [2.24, 2.45) is 0 Å². The predicted octanol–water partition coefficient (Wildman–Crippen LogP) is 3.93. The Labute approximate surface area is 140 Å². The maximum atomic E-state index is 3.55. The van der Waals surface area contributed by atoms with Gasteiger partial charge in [-0.2, -0.15) is 0 Å². The molecular weight excluding hydrogens is 296 g/mol. The Bertz CT molecular complexity index is 873. The van der Waals surface area contributed by atoms with E-state index in [-0.39, 0.29) is 0 Å². The van der Waals surface area contributed by atoms with Gasteiger partial charge < -0.3 is 20.3 Å². The van der Waals surface area contributed by atoms with Crippen LogP contribution in [0.2, 0.25) is 0 Å². The topological polar surface area (TPSA) is 59.4 Å². The van der Waals surface area contributed by atoms with Crippen molar-refractivity contribution in [3.8, 4) is 0 Å². The summed E-state index contributed by atoms with van der Waals surface area (Å²) in [6.45, 7) is 0. The molecule has 1 saturated heterocycles. The van der Waals surface area contributed by atoms with Gasteiger partial charge in [0.15, 0.2) is 0 Å². The van der Waals surface area contributed by atoms with Crippen molar-refractivity contribution in [2.45, 2.75) is 25.7 Å². The molecule has 0 unspecified atom stereocenters. The van der Waals surface area contributed by atoms with E-state index in [1.54, 1.807) is 0 Å². The van der Waals surface area contributed by atoms with E-state index in [9.17, 15) is 0 Å². The molecule has 24 heavy (non-hydrogen) atoms. The van der Waals surface area contributed by atoms with Crippen molar-refractivity contribution in [1.82, 2.24) is 20.3 Å². The van der Waals surface area contributed by atoms with E-state index in [1.807, 2.05) is 0 Å². The van der Waals surface area contributed by atoms with E-state index < -0.39 is 0 Å². The van der Waals surface area contributed by atoms with E-state index in [4.69, 9.17) is 0 Å². The van der Waals surface area contributed by atoms with Crippen LogP contribution in [-0.4, -0.2) is 15.0 Å². The summed E-state index contributed by atoms with van der Waals surface area (Å²) in [4.78, 5) is 10.6. The van der Waals surface area contributed by atoms with Gasteiger partial charge in [0.25, 0.3) is 0 Å². The summed E-state index contributed by atoms with van der Waals surface area (Å²) >= 11 is 0. The Balaban J connectivity index is 1.57. The molecule has 4 nitrogen and oxygen atoms in total. The Morgan fingerprint density at radius 3 is 1.54 bits per heavy atom. The maximum absolute atomic E-state index is 3.55.